The first-order valence-electron chi connectivity index (χ1n) is 3.78. The maximum Gasteiger partial charge on any atom is 0.285 e. The van der Waals surface area contributed by atoms with Crippen LogP contribution < -0.4 is 0 Å². The number of halogens is 1. The Kier molecular flexibility index (Phi) is 6.98. The molecule has 5 heteroatoms. The zero-order valence-electron chi connectivity index (χ0n) is 7.40. The molecule has 0 heterocycles. The first-order chi connectivity index (χ1) is 6.09. The molecule has 0 saturated carbocycles. The Morgan fingerprint density at radius 1 is 1.43 bits per heavy atom. The molecule has 0 aromatic heterocycles. The van der Waals surface area contributed by atoms with Crippen LogP contribution in [0.25, 0.3) is 5.73 Å². The number of hydrogen-bond acceptors (Lipinski definition) is 1. The molecule has 0 fully saturated rings. The SMILES string of the molecule is [Ac].[NH-]C(Cc1ccc(Cl)cc1)C(=O)O. The van der Waals surface area contributed by atoms with Gasteiger partial charge in [-0.1, -0.05) is 23.7 Å². The van der Waals surface area contributed by atoms with Crippen LogP contribution in [0.3, 0.4) is 0 Å². The largest absolute Gasteiger partial charge is 0.665 e. The Balaban J connectivity index is 0.00000169. The second-order valence-electron chi connectivity index (χ2n) is 2.72. The molecule has 0 aliphatic rings. The zero-order valence-corrected chi connectivity index (χ0v) is 12.9. The molecular weight excluding hydrogens is 417 g/mol. The van der Waals surface area contributed by atoms with Crippen molar-refractivity contribution in [2.24, 2.45) is 0 Å². The number of carbonyl (C=O) groups is 1. The fraction of sp³-hybridized carbons (Fsp3) is 0.222. The standard InChI is InChI=1S/C9H9ClNO2.Ac/c10-7-3-1-6(2-4-7)5-8(11)9(12)13;/h1-4,8,11H,5H2,(H,12,13);/q-1;. The topological polar surface area (TPSA) is 61.1 Å². The summed E-state index contributed by atoms with van der Waals surface area (Å²) in [4.78, 5) is 10.4. The van der Waals surface area contributed by atoms with E-state index < -0.39 is 12.0 Å². The third-order valence-electron chi connectivity index (χ3n) is 1.65. The van der Waals surface area contributed by atoms with E-state index in [0.717, 1.165) is 5.56 Å². The number of nitrogens with one attached hydrogen (secondary N) is 1. The first-order valence-corrected chi connectivity index (χ1v) is 4.16. The molecule has 1 unspecified atom stereocenters. The Bertz CT molecular complexity index is 302. The molecule has 1 aromatic carbocycles. The summed E-state index contributed by atoms with van der Waals surface area (Å²) in [5.41, 5.74) is 8.00. The molecule has 0 spiro atoms. The molecular formula is C9H9AcClNO2-. The van der Waals surface area contributed by atoms with Crippen molar-refractivity contribution >= 4 is 17.6 Å². The van der Waals surface area contributed by atoms with Gasteiger partial charge in [-0.3, -0.25) is 4.79 Å². The van der Waals surface area contributed by atoms with E-state index in [-0.39, 0.29) is 50.5 Å². The summed E-state index contributed by atoms with van der Waals surface area (Å²) in [6.07, 6.45) is 0.215. The van der Waals surface area contributed by atoms with Crippen LogP contribution in [0.5, 0.6) is 0 Å². The van der Waals surface area contributed by atoms with E-state index in [1.807, 2.05) is 0 Å². The van der Waals surface area contributed by atoms with E-state index >= 15 is 0 Å². The minimum Gasteiger partial charge on any atom is -0.665 e. The predicted octanol–water partition coefficient (Wildman–Crippen LogP) is 2.39. The number of carboxylic acid groups (broad SMARTS) is 1. The summed E-state index contributed by atoms with van der Waals surface area (Å²) in [7, 11) is 0. The van der Waals surface area contributed by atoms with E-state index in [4.69, 9.17) is 22.4 Å². The van der Waals surface area contributed by atoms with Gasteiger partial charge in [0.15, 0.2) is 0 Å². The van der Waals surface area contributed by atoms with E-state index in [1.54, 1.807) is 24.3 Å². The molecule has 73 valence electrons. The molecule has 1 aromatic rings. The second-order valence-corrected chi connectivity index (χ2v) is 3.16. The van der Waals surface area contributed by atoms with Crippen LogP contribution in [0.15, 0.2) is 24.3 Å². The Hall–Kier alpha value is 0.382. The quantitative estimate of drug-likeness (QED) is 0.808. The summed E-state index contributed by atoms with van der Waals surface area (Å²) < 4.78 is 0. The molecule has 0 saturated heterocycles. The first kappa shape index (κ1) is 14.4. The van der Waals surface area contributed by atoms with Gasteiger partial charge in [-0.15, -0.1) is 0 Å². The van der Waals surface area contributed by atoms with Gasteiger partial charge in [0, 0.05) is 49.1 Å². The van der Waals surface area contributed by atoms with Crippen LogP contribution in [0, 0.1) is 44.1 Å². The van der Waals surface area contributed by atoms with Crippen molar-refractivity contribution in [2.75, 3.05) is 0 Å². The minimum atomic E-state index is -1.10. The van der Waals surface area contributed by atoms with Crippen molar-refractivity contribution in [3.05, 3.63) is 40.6 Å². The normalized spacial score (nSPS) is 11.6. The van der Waals surface area contributed by atoms with Crippen molar-refractivity contribution in [1.82, 2.24) is 0 Å². The number of benzene rings is 1. The second kappa shape index (κ2) is 6.79. The molecule has 14 heavy (non-hydrogen) atoms. The molecule has 3 nitrogen and oxygen atoms in total. The summed E-state index contributed by atoms with van der Waals surface area (Å²) in [5, 5.41) is 9.10. The molecule has 1 radical (unpaired) electrons. The number of carboxylic acids is 1. The summed E-state index contributed by atoms with van der Waals surface area (Å²) in [6.45, 7) is 0. The van der Waals surface area contributed by atoms with E-state index in [2.05, 4.69) is 0 Å². The molecule has 1 rings (SSSR count). The minimum absolute atomic E-state index is 0. The van der Waals surface area contributed by atoms with Gasteiger partial charge in [0.05, 0.1) is 0 Å². The van der Waals surface area contributed by atoms with Crippen LogP contribution in [-0.2, 0) is 11.2 Å². The smallest absolute Gasteiger partial charge is 0.285 e. The van der Waals surface area contributed by atoms with Gasteiger partial charge < -0.3 is 10.8 Å². The molecule has 0 amide bonds. The van der Waals surface area contributed by atoms with Gasteiger partial charge in [0.25, 0.3) is 5.97 Å². The Morgan fingerprint density at radius 3 is 2.36 bits per heavy atom. The van der Waals surface area contributed by atoms with E-state index in [0.29, 0.717) is 5.02 Å². The summed E-state index contributed by atoms with van der Waals surface area (Å²) in [5.74, 6) is -1.10. The maximum atomic E-state index is 10.4. The van der Waals surface area contributed by atoms with Crippen molar-refractivity contribution < 1.29 is 54.0 Å². The van der Waals surface area contributed by atoms with Crippen LogP contribution in [-0.4, -0.2) is 17.1 Å². The number of aliphatic carboxylic acids is 1. The molecule has 0 aliphatic heterocycles. The molecule has 0 bridgehead atoms. The number of rotatable bonds is 3. The third-order valence-corrected chi connectivity index (χ3v) is 1.90. The van der Waals surface area contributed by atoms with Crippen molar-refractivity contribution in [3.63, 3.8) is 0 Å². The summed E-state index contributed by atoms with van der Waals surface area (Å²) >= 11 is 5.65. The van der Waals surface area contributed by atoms with Crippen molar-refractivity contribution in [1.29, 1.82) is 0 Å². The molecule has 0 aliphatic carbocycles. The van der Waals surface area contributed by atoms with Crippen molar-refractivity contribution in [2.45, 2.75) is 12.5 Å². The third kappa shape index (κ3) is 4.75. The van der Waals surface area contributed by atoms with Crippen LogP contribution in [0.1, 0.15) is 5.56 Å². The molecule has 1 atom stereocenters. The fourth-order valence-electron chi connectivity index (χ4n) is 0.944. The van der Waals surface area contributed by atoms with Crippen LogP contribution in [0.4, 0.5) is 0 Å². The average molecular weight is 426 g/mol. The Labute approximate surface area is 123 Å². The van der Waals surface area contributed by atoms with E-state index in [1.165, 1.54) is 0 Å². The van der Waals surface area contributed by atoms with Gasteiger partial charge in [-0.2, -0.15) is 0 Å². The van der Waals surface area contributed by atoms with Crippen LogP contribution in [0.2, 0.25) is 5.02 Å². The van der Waals surface area contributed by atoms with Crippen LogP contribution >= 0.6 is 11.6 Å². The molecule has 2 N–H and O–H groups in total. The van der Waals surface area contributed by atoms with Crippen molar-refractivity contribution in [3.8, 4) is 0 Å². The maximum absolute atomic E-state index is 10.4. The monoisotopic (exact) mass is 425 g/mol. The van der Waals surface area contributed by atoms with Gasteiger partial charge >= 0.3 is 0 Å². The average Bonchev–Trinajstić information content (AvgIpc) is 2.08. The van der Waals surface area contributed by atoms with Gasteiger partial charge in [-0.05, 0) is 30.2 Å². The fourth-order valence-corrected chi connectivity index (χ4v) is 1.07. The van der Waals surface area contributed by atoms with Gasteiger partial charge in [0.1, 0.15) is 0 Å². The zero-order chi connectivity index (χ0) is 9.84. The van der Waals surface area contributed by atoms with Gasteiger partial charge in [0.2, 0.25) is 0 Å². The van der Waals surface area contributed by atoms with E-state index in [9.17, 15) is 4.79 Å². The predicted molar refractivity (Wildman–Crippen MR) is 50.9 cm³/mol. The Morgan fingerprint density at radius 2 is 1.93 bits per heavy atom. The summed E-state index contributed by atoms with van der Waals surface area (Å²) in [6, 6.07) is 5.73. The number of hydrogen-bond donors (Lipinski definition) is 1. The van der Waals surface area contributed by atoms with Gasteiger partial charge in [-0.25, -0.2) is 0 Å².